The summed E-state index contributed by atoms with van der Waals surface area (Å²) in [6.07, 6.45) is 6.18. The standard InChI is InChI=1S/C20H24N2O3Se/c1-21-18(23)16-14-9-5-11-20(22(14)25-17(16)19(21)24)12-6-10-15(20)26-13-7-3-2-4-8-13/h2-4,7-8,14-17H,5-6,9-12H2,1H3/t14-,15?,16+,17-,20-/m1/s1. The first-order valence-electron chi connectivity index (χ1n) is 9.61. The minimum atomic E-state index is -0.585. The number of benzene rings is 1. The third-order valence-corrected chi connectivity index (χ3v) is 9.86. The van der Waals surface area contributed by atoms with E-state index in [9.17, 15) is 9.59 Å². The number of carbonyl (C=O) groups is 2. The molecule has 4 aliphatic rings. The van der Waals surface area contributed by atoms with Gasteiger partial charge in [0.2, 0.25) is 0 Å². The molecule has 138 valence electrons. The summed E-state index contributed by atoms with van der Waals surface area (Å²) in [4.78, 5) is 33.2. The molecule has 0 bridgehead atoms. The average molecular weight is 419 g/mol. The topological polar surface area (TPSA) is 49.9 Å². The number of fused-ring (bicyclic) bond motifs is 4. The third-order valence-electron chi connectivity index (χ3n) is 6.70. The van der Waals surface area contributed by atoms with Crippen molar-refractivity contribution in [2.45, 2.75) is 61.0 Å². The molecule has 2 amide bonds. The molecule has 1 aromatic rings. The Bertz CT molecular complexity index is 742. The number of imide groups is 1. The van der Waals surface area contributed by atoms with Crippen molar-refractivity contribution in [2.24, 2.45) is 5.92 Å². The van der Waals surface area contributed by atoms with E-state index in [-0.39, 0.29) is 29.3 Å². The van der Waals surface area contributed by atoms with Crippen LogP contribution in [0.4, 0.5) is 0 Å². The Morgan fingerprint density at radius 3 is 2.58 bits per heavy atom. The molecule has 26 heavy (non-hydrogen) atoms. The summed E-state index contributed by atoms with van der Waals surface area (Å²) < 4.78 is 1.43. The number of carbonyl (C=O) groups excluding carboxylic acids is 2. The van der Waals surface area contributed by atoms with Gasteiger partial charge in [-0.05, 0) is 0 Å². The van der Waals surface area contributed by atoms with E-state index >= 15 is 0 Å². The fourth-order valence-electron chi connectivity index (χ4n) is 5.48. The molecule has 4 fully saturated rings. The van der Waals surface area contributed by atoms with Gasteiger partial charge >= 0.3 is 160 Å². The van der Waals surface area contributed by atoms with Crippen molar-refractivity contribution >= 4 is 31.2 Å². The molecular weight excluding hydrogens is 395 g/mol. The number of likely N-dealkylation sites (tertiary alicyclic amines) is 1. The summed E-state index contributed by atoms with van der Waals surface area (Å²) in [7, 11) is 1.59. The van der Waals surface area contributed by atoms with Crippen LogP contribution in [0.1, 0.15) is 38.5 Å². The summed E-state index contributed by atoms with van der Waals surface area (Å²) in [5, 5.41) is 2.16. The van der Waals surface area contributed by atoms with Gasteiger partial charge in [-0.15, -0.1) is 0 Å². The number of likely N-dealkylation sites (N-methyl/N-ethyl adjacent to an activating group) is 1. The van der Waals surface area contributed by atoms with Crippen LogP contribution in [-0.4, -0.2) is 61.5 Å². The van der Waals surface area contributed by atoms with E-state index in [0.29, 0.717) is 19.8 Å². The SMILES string of the molecule is CN1C(=O)[C@H]2[C@H]3CCC[C@]4(CCCC4[Se]c4ccccc4)N3O[C@H]2C1=O. The van der Waals surface area contributed by atoms with E-state index < -0.39 is 6.10 Å². The molecule has 5 atom stereocenters. The molecule has 0 radical (unpaired) electrons. The van der Waals surface area contributed by atoms with Crippen molar-refractivity contribution in [3.63, 3.8) is 0 Å². The molecule has 5 rings (SSSR count). The van der Waals surface area contributed by atoms with E-state index in [0.717, 1.165) is 25.7 Å². The Morgan fingerprint density at radius 1 is 1.08 bits per heavy atom. The Kier molecular flexibility index (Phi) is 4.02. The number of piperidine rings is 1. The van der Waals surface area contributed by atoms with Crippen LogP contribution in [0.15, 0.2) is 30.3 Å². The van der Waals surface area contributed by atoms with E-state index in [1.54, 1.807) is 7.05 Å². The quantitative estimate of drug-likeness (QED) is 0.539. The van der Waals surface area contributed by atoms with E-state index in [2.05, 4.69) is 35.4 Å². The molecular formula is C20H24N2O3Se. The molecule has 1 aromatic carbocycles. The fraction of sp³-hybridized carbons (Fsp3) is 0.600. The number of hydrogen-bond donors (Lipinski definition) is 0. The first kappa shape index (κ1) is 16.9. The first-order chi connectivity index (χ1) is 12.6. The van der Waals surface area contributed by atoms with Gasteiger partial charge in [0.15, 0.2) is 0 Å². The molecule has 6 heteroatoms. The Labute approximate surface area is 160 Å². The molecule has 0 N–H and O–H groups in total. The Hall–Kier alpha value is -1.20. The predicted octanol–water partition coefficient (Wildman–Crippen LogP) is 1.51. The van der Waals surface area contributed by atoms with Crippen LogP contribution in [0.3, 0.4) is 0 Å². The molecule has 5 nitrogen and oxygen atoms in total. The van der Waals surface area contributed by atoms with Crippen molar-refractivity contribution in [1.29, 1.82) is 0 Å². The Morgan fingerprint density at radius 2 is 1.81 bits per heavy atom. The van der Waals surface area contributed by atoms with Gasteiger partial charge in [-0.2, -0.15) is 0 Å². The molecule has 3 saturated heterocycles. The van der Waals surface area contributed by atoms with E-state index in [4.69, 9.17) is 4.84 Å². The van der Waals surface area contributed by atoms with Crippen LogP contribution < -0.4 is 4.46 Å². The van der Waals surface area contributed by atoms with Crippen LogP contribution >= 0.6 is 0 Å². The van der Waals surface area contributed by atoms with Gasteiger partial charge < -0.3 is 0 Å². The number of hydroxylamine groups is 2. The van der Waals surface area contributed by atoms with Crippen LogP contribution in [0.2, 0.25) is 4.82 Å². The maximum absolute atomic E-state index is 12.6. The normalized spacial score (nSPS) is 39.7. The Balaban J connectivity index is 1.46. The third kappa shape index (κ3) is 2.29. The van der Waals surface area contributed by atoms with Gasteiger partial charge in [0.25, 0.3) is 0 Å². The van der Waals surface area contributed by atoms with Crippen LogP contribution in [0, 0.1) is 5.92 Å². The van der Waals surface area contributed by atoms with Gasteiger partial charge in [-0.25, -0.2) is 0 Å². The monoisotopic (exact) mass is 420 g/mol. The molecule has 1 aliphatic carbocycles. The number of hydrogen-bond acceptors (Lipinski definition) is 4. The average Bonchev–Trinajstić information content (AvgIpc) is 3.29. The van der Waals surface area contributed by atoms with Crippen molar-refractivity contribution in [3.05, 3.63) is 30.3 Å². The zero-order valence-corrected chi connectivity index (χ0v) is 16.7. The molecule has 1 saturated carbocycles. The number of amides is 2. The van der Waals surface area contributed by atoms with Gasteiger partial charge in [-0.3, -0.25) is 0 Å². The van der Waals surface area contributed by atoms with Gasteiger partial charge in [-0.1, -0.05) is 0 Å². The summed E-state index contributed by atoms with van der Waals surface area (Å²) in [5.74, 6) is -0.504. The summed E-state index contributed by atoms with van der Waals surface area (Å²) in [6.45, 7) is 0. The molecule has 0 aromatic heterocycles. The molecule has 1 spiro atoms. The summed E-state index contributed by atoms with van der Waals surface area (Å²) in [5.41, 5.74) is 0.0161. The van der Waals surface area contributed by atoms with Crippen LogP contribution in [0.5, 0.6) is 0 Å². The second kappa shape index (κ2) is 6.16. The maximum atomic E-state index is 12.6. The van der Waals surface area contributed by atoms with Crippen LogP contribution in [-0.2, 0) is 14.4 Å². The van der Waals surface area contributed by atoms with Gasteiger partial charge in [0, 0.05) is 0 Å². The van der Waals surface area contributed by atoms with Crippen LogP contribution in [0.25, 0.3) is 0 Å². The first-order valence-corrected chi connectivity index (χ1v) is 11.5. The fourth-order valence-corrected chi connectivity index (χ4v) is 8.60. The summed E-state index contributed by atoms with van der Waals surface area (Å²) in [6, 6.07) is 10.8. The zero-order valence-electron chi connectivity index (χ0n) is 15.0. The van der Waals surface area contributed by atoms with Crippen molar-refractivity contribution < 1.29 is 14.4 Å². The second-order valence-corrected chi connectivity index (χ2v) is 10.7. The predicted molar refractivity (Wildman–Crippen MR) is 97.8 cm³/mol. The van der Waals surface area contributed by atoms with Crippen molar-refractivity contribution in [1.82, 2.24) is 9.96 Å². The number of nitrogens with zero attached hydrogens (tertiary/aromatic N) is 2. The summed E-state index contributed by atoms with van der Waals surface area (Å²) >= 11 is 0.380. The molecule has 1 unspecified atom stereocenters. The van der Waals surface area contributed by atoms with Crippen molar-refractivity contribution in [2.75, 3.05) is 7.05 Å². The zero-order chi connectivity index (χ0) is 17.9. The van der Waals surface area contributed by atoms with Gasteiger partial charge in [0.1, 0.15) is 0 Å². The van der Waals surface area contributed by atoms with E-state index in [1.807, 2.05) is 0 Å². The van der Waals surface area contributed by atoms with Crippen molar-refractivity contribution in [3.8, 4) is 0 Å². The number of rotatable bonds is 2. The van der Waals surface area contributed by atoms with Gasteiger partial charge in [0.05, 0.1) is 0 Å². The molecule has 3 heterocycles. The second-order valence-electron chi connectivity index (χ2n) is 7.99. The van der Waals surface area contributed by atoms with E-state index in [1.165, 1.54) is 22.2 Å². The minimum absolute atomic E-state index is 0.0161. The molecule has 3 aliphatic heterocycles.